The van der Waals surface area contributed by atoms with E-state index in [1.807, 2.05) is 5.51 Å². The highest BCUT2D eigenvalue weighted by molar-refractivity contribution is 7.09. The fourth-order valence-electron chi connectivity index (χ4n) is 2.58. The monoisotopic (exact) mass is 283 g/mol. The van der Waals surface area contributed by atoms with Crippen molar-refractivity contribution in [3.8, 4) is 0 Å². The molecule has 4 nitrogen and oxygen atoms in total. The quantitative estimate of drug-likeness (QED) is 0.829. The van der Waals surface area contributed by atoms with Crippen molar-refractivity contribution in [3.05, 3.63) is 16.1 Å². The number of aromatic nitrogens is 1. The minimum atomic E-state index is 0.777. The van der Waals surface area contributed by atoms with Gasteiger partial charge in [-0.05, 0) is 38.8 Å². The van der Waals surface area contributed by atoms with Gasteiger partial charge in [0.25, 0.3) is 0 Å². The predicted molar refractivity (Wildman–Crippen MR) is 79.6 cm³/mol. The Morgan fingerprint density at radius 3 is 3.11 bits per heavy atom. The van der Waals surface area contributed by atoms with Crippen LogP contribution in [0.15, 0.2) is 5.51 Å². The predicted octanol–water partition coefficient (Wildman–Crippen LogP) is 1.90. The second kappa shape index (κ2) is 7.94. The van der Waals surface area contributed by atoms with Crippen LogP contribution in [0, 0.1) is 12.8 Å². The number of methoxy groups -OCH3 is 1. The summed E-state index contributed by atoms with van der Waals surface area (Å²) in [6, 6.07) is 0. The Bertz CT molecular complexity index is 363. The van der Waals surface area contributed by atoms with E-state index in [2.05, 4.69) is 22.1 Å². The maximum Gasteiger partial charge on any atom is 0.0798 e. The van der Waals surface area contributed by atoms with Gasteiger partial charge in [0, 0.05) is 31.6 Å². The molecule has 1 fully saturated rings. The molecule has 0 aliphatic carbocycles. The Hall–Kier alpha value is -0.490. The van der Waals surface area contributed by atoms with Gasteiger partial charge in [-0.15, -0.1) is 11.3 Å². The SMILES string of the molecule is COCCN(Cc1scnc1C)CC1CCCNC1. The fourth-order valence-corrected chi connectivity index (χ4v) is 3.40. The molecule has 0 saturated carbocycles. The summed E-state index contributed by atoms with van der Waals surface area (Å²) < 4.78 is 5.24. The molecule has 1 aliphatic heterocycles. The number of aryl methyl sites for hydroxylation is 1. The van der Waals surface area contributed by atoms with Gasteiger partial charge >= 0.3 is 0 Å². The smallest absolute Gasteiger partial charge is 0.0798 e. The van der Waals surface area contributed by atoms with Crippen molar-refractivity contribution < 1.29 is 4.74 Å². The molecule has 2 heterocycles. The zero-order chi connectivity index (χ0) is 13.5. The number of ether oxygens (including phenoxy) is 1. The Balaban J connectivity index is 1.88. The van der Waals surface area contributed by atoms with E-state index in [1.54, 1.807) is 18.4 Å². The van der Waals surface area contributed by atoms with Crippen LogP contribution in [0.4, 0.5) is 0 Å². The highest BCUT2D eigenvalue weighted by Crippen LogP contribution is 2.18. The summed E-state index contributed by atoms with van der Waals surface area (Å²) in [7, 11) is 1.78. The zero-order valence-electron chi connectivity index (χ0n) is 12.0. The summed E-state index contributed by atoms with van der Waals surface area (Å²) in [6.07, 6.45) is 2.65. The maximum atomic E-state index is 5.24. The fraction of sp³-hybridized carbons (Fsp3) is 0.786. The largest absolute Gasteiger partial charge is 0.383 e. The molecular weight excluding hydrogens is 258 g/mol. The van der Waals surface area contributed by atoms with Gasteiger partial charge in [0.1, 0.15) is 0 Å². The standard InChI is InChI=1S/C14H25N3OS/c1-12-14(19-11-16-12)10-17(6-7-18-2)9-13-4-3-5-15-8-13/h11,13,15H,3-10H2,1-2H3. The first kappa shape index (κ1) is 14.9. The molecule has 0 aromatic carbocycles. The molecule has 1 unspecified atom stereocenters. The first-order chi connectivity index (χ1) is 9.29. The second-order valence-corrected chi connectivity index (χ2v) is 6.24. The highest BCUT2D eigenvalue weighted by atomic mass is 32.1. The lowest BCUT2D eigenvalue weighted by molar-refractivity contribution is 0.127. The molecular formula is C14H25N3OS. The van der Waals surface area contributed by atoms with E-state index in [1.165, 1.54) is 30.0 Å². The van der Waals surface area contributed by atoms with Gasteiger partial charge in [-0.3, -0.25) is 4.90 Å². The number of thiazole rings is 1. The molecule has 1 aliphatic rings. The average molecular weight is 283 g/mol. The van der Waals surface area contributed by atoms with Gasteiger partial charge in [-0.25, -0.2) is 4.98 Å². The van der Waals surface area contributed by atoms with Crippen LogP contribution in [0.25, 0.3) is 0 Å². The third-order valence-electron chi connectivity index (χ3n) is 3.74. The molecule has 1 atom stereocenters. The van der Waals surface area contributed by atoms with Crippen LogP contribution < -0.4 is 5.32 Å². The number of rotatable bonds is 7. The zero-order valence-corrected chi connectivity index (χ0v) is 12.8. The summed E-state index contributed by atoms with van der Waals surface area (Å²) in [6.45, 7) is 8.42. The molecule has 19 heavy (non-hydrogen) atoms. The molecule has 0 bridgehead atoms. The molecule has 0 radical (unpaired) electrons. The number of nitrogens with zero attached hydrogens (tertiary/aromatic N) is 2. The number of hydrogen-bond donors (Lipinski definition) is 1. The van der Waals surface area contributed by atoms with Crippen molar-refractivity contribution in [1.29, 1.82) is 0 Å². The Morgan fingerprint density at radius 2 is 2.47 bits per heavy atom. The molecule has 5 heteroatoms. The van der Waals surface area contributed by atoms with E-state index in [0.29, 0.717) is 0 Å². The first-order valence-electron chi connectivity index (χ1n) is 7.10. The van der Waals surface area contributed by atoms with E-state index in [9.17, 15) is 0 Å². The van der Waals surface area contributed by atoms with Crippen LogP contribution >= 0.6 is 11.3 Å². The van der Waals surface area contributed by atoms with Crippen LogP contribution in [-0.4, -0.2) is 49.8 Å². The van der Waals surface area contributed by atoms with E-state index >= 15 is 0 Å². The van der Waals surface area contributed by atoms with Crippen LogP contribution in [0.5, 0.6) is 0 Å². The molecule has 0 spiro atoms. The normalized spacial score (nSPS) is 20.1. The lowest BCUT2D eigenvalue weighted by Gasteiger charge is -2.29. The summed E-state index contributed by atoms with van der Waals surface area (Å²) in [5.41, 5.74) is 3.12. The Morgan fingerprint density at radius 1 is 1.58 bits per heavy atom. The first-order valence-corrected chi connectivity index (χ1v) is 7.98. The van der Waals surface area contributed by atoms with Crippen molar-refractivity contribution in [2.75, 3.05) is 39.9 Å². The summed E-state index contributed by atoms with van der Waals surface area (Å²) in [5.74, 6) is 0.777. The van der Waals surface area contributed by atoms with Gasteiger partial charge in [0.05, 0.1) is 17.8 Å². The molecule has 1 aromatic rings. The van der Waals surface area contributed by atoms with E-state index in [0.717, 1.165) is 38.7 Å². The van der Waals surface area contributed by atoms with Crippen molar-refractivity contribution in [2.24, 2.45) is 5.92 Å². The van der Waals surface area contributed by atoms with Crippen molar-refractivity contribution >= 4 is 11.3 Å². The molecule has 1 aromatic heterocycles. The molecule has 1 saturated heterocycles. The topological polar surface area (TPSA) is 37.4 Å². The van der Waals surface area contributed by atoms with Gasteiger partial charge in [0.2, 0.25) is 0 Å². The van der Waals surface area contributed by atoms with Crippen molar-refractivity contribution in [2.45, 2.75) is 26.3 Å². The maximum absolute atomic E-state index is 5.24. The van der Waals surface area contributed by atoms with Crippen LogP contribution in [-0.2, 0) is 11.3 Å². The number of nitrogens with one attached hydrogen (secondary N) is 1. The summed E-state index contributed by atoms with van der Waals surface area (Å²) >= 11 is 1.76. The van der Waals surface area contributed by atoms with E-state index in [-0.39, 0.29) is 0 Å². The summed E-state index contributed by atoms with van der Waals surface area (Å²) in [5, 5.41) is 3.50. The molecule has 1 N–H and O–H groups in total. The van der Waals surface area contributed by atoms with Gasteiger partial charge in [-0.2, -0.15) is 0 Å². The van der Waals surface area contributed by atoms with Crippen LogP contribution in [0.3, 0.4) is 0 Å². The minimum Gasteiger partial charge on any atom is -0.383 e. The van der Waals surface area contributed by atoms with Crippen LogP contribution in [0.1, 0.15) is 23.4 Å². The Labute approximate surface area is 120 Å². The lowest BCUT2D eigenvalue weighted by Crippen LogP contribution is -2.39. The van der Waals surface area contributed by atoms with Crippen molar-refractivity contribution in [3.63, 3.8) is 0 Å². The highest BCUT2D eigenvalue weighted by Gasteiger charge is 2.18. The Kier molecular flexibility index (Phi) is 6.23. The molecule has 2 rings (SSSR count). The second-order valence-electron chi connectivity index (χ2n) is 5.30. The van der Waals surface area contributed by atoms with Crippen molar-refractivity contribution in [1.82, 2.24) is 15.2 Å². The number of piperidine rings is 1. The minimum absolute atomic E-state index is 0.777. The van der Waals surface area contributed by atoms with E-state index < -0.39 is 0 Å². The molecule has 108 valence electrons. The molecule has 0 amide bonds. The third-order valence-corrected chi connectivity index (χ3v) is 4.66. The average Bonchev–Trinajstić information content (AvgIpc) is 2.83. The third kappa shape index (κ3) is 4.84. The summed E-state index contributed by atoms with van der Waals surface area (Å²) in [4.78, 5) is 8.25. The van der Waals surface area contributed by atoms with Crippen LogP contribution in [0.2, 0.25) is 0 Å². The van der Waals surface area contributed by atoms with Gasteiger partial charge < -0.3 is 10.1 Å². The van der Waals surface area contributed by atoms with Gasteiger partial charge in [-0.1, -0.05) is 0 Å². The lowest BCUT2D eigenvalue weighted by atomic mass is 9.99. The van der Waals surface area contributed by atoms with E-state index in [4.69, 9.17) is 4.74 Å². The number of hydrogen-bond acceptors (Lipinski definition) is 5. The van der Waals surface area contributed by atoms with Gasteiger partial charge in [0.15, 0.2) is 0 Å².